The van der Waals surface area contributed by atoms with Gasteiger partial charge in [-0.25, -0.2) is 13.2 Å². The molecule has 39 nitrogen and oxygen atoms in total. The van der Waals surface area contributed by atoms with Crippen molar-refractivity contribution in [3.8, 4) is 11.5 Å². The van der Waals surface area contributed by atoms with Crippen LogP contribution in [0.3, 0.4) is 0 Å². The summed E-state index contributed by atoms with van der Waals surface area (Å²) in [5.74, 6) is -27.8. The minimum absolute atomic E-state index is 0.160. The first-order valence-electron chi connectivity index (χ1n) is 44.7. The smallest absolute Gasteiger partial charge is 0.305 e. The van der Waals surface area contributed by atoms with E-state index in [4.69, 9.17) is 11.5 Å². The van der Waals surface area contributed by atoms with Crippen molar-refractivity contribution in [3.63, 3.8) is 0 Å². The molecule has 4 heterocycles. The minimum Gasteiger partial charge on any atom is -0.508 e. The number of phenols is 2. The lowest BCUT2D eigenvalue weighted by Crippen LogP contribution is -2.62. The van der Waals surface area contributed by atoms with Gasteiger partial charge in [-0.15, -0.1) is 11.8 Å². The monoisotopic (exact) mass is 1930 g/mol. The molecule has 10 rings (SSSR count). The van der Waals surface area contributed by atoms with Crippen LogP contribution in [-0.4, -0.2) is 299 Å². The Morgan fingerprint density at radius 1 is 0.478 bits per heavy atom. The molecule has 15 atom stereocenters. The number of unbranched alkanes of at least 4 members (excludes halogenated alkanes) is 1. The van der Waals surface area contributed by atoms with Crippen molar-refractivity contribution in [1.82, 2.24) is 77.3 Å². The van der Waals surface area contributed by atoms with Crippen LogP contribution in [-0.2, 0) is 120 Å². The summed E-state index contributed by atoms with van der Waals surface area (Å²) in [7, 11) is 3.55. The molecule has 0 spiro atoms. The van der Waals surface area contributed by atoms with Gasteiger partial charge in [-0.1, -0.05) is 137 Å². The summed E-state index contributed by atoms with van der Waals surface area (Å²) in [5, 5.41) is 77.4. The number of primary amides is 2. The Labute approximate surface area is 795 Å². The van der Waals surface area contributed by atoms with Gasteiger partial charge >= 0.3 is 5.97 Å². The summed E-state index contributed by atoms with van der Waals surface area (Å²) >= 11 is 0.558. The number of thioether (sulfide) groups is 1. The Bertz CT molecular complexity index is 5590. The lowest BCUT2D eigenvalue weighted by molar-refractivity contribution is -0.152. The van der Waals surface area contributed by atoms with Gasteiger partial charge in [0.05, 0.1) is 37.3 Å². The van der Waals surface area contributed by atoms with Crippen LogP contribution in [0.15, 0.2) is 152 Å². The van der Waals surface area contributed by atoms with Crippen LogP contribution in [0.1, 0.15) is 99.1 Å². The summed E-state index contributed by atoms with van der Waals surface area (Å²) in [6, 6.07) is 11.4. The number of hydrogen-bond acceptors (Lipinski definition) is 22. The highest BCUT2D eigenvalue weighted by atomic mass is 32.2. The molecule has 0 bridgehead atoms. The van der Waals surface area contributed by atoms with Crippen LogP contribution in [0.25, 0.3) is 10.9 Å². The molecule has 138 heavy (non-hydrogen) atoms. The van der Waals surface area contributed by atoms with E-state index in [0.29, 0.717) is 63.5 Å². The van der Waals surface area contributed by atoms with Crippen molar-refractivity contribution in [2.75, 3.05) is 52.3 Å². The number of carbonyl (C=O) groups excluding carboxylic acids is 16. The van der Waals surface area contributed by atoms with Crippen LogP contribution in [0, 0.1) is 23.4 Å². The maximum Gasteiger partial charge on any atom is 0.305 e. The van der Waals surface area contributed by atoms with Crippen molar-refractivity contribution in [3.05, 3.63) is 203 Å². The van der Waals surface area contributed by atoms with Gasteiger partial charge in [0.25, 0.3) is 0 Å². The number of hydrogen-bond donors (Lipinski definition) is 17. The number of nitrogens with one attached hydrogen (secondary N) is 10. The maximum absolute atomic E-state index is 15.8. The molecule has 19 N–H and O–H groups in total. The number of fused-ring (bicyclic) bond motifs is 3. The first-order valence-corrected chi connectivity index (χ1v) is 45.9. The number of nitrogens with two attached hydrogens (primary N) is 2. The number of rotatable bonds is 23. The van der Waals surface area contributed by atoms with Gasteiger partial charge in [0.2, 0.25) is 94.5 Å². The molecule has 0 radical (unpaired) electrons. The highest BCUT2D eigenvalue weighted by Gasteiger charge is 2.49. The molecule has 3 saturated heterocycles. The number of nitrogens with zero attached hydrogens (tertiary/aromatic N) is 5. The van der Waals surface area contributed by atoms with E-state index < -0.39 is 303 Å². The number of aliphatic carboxylic acids is 1. The zero-order chi connectivity index (χ0) is 101. The molecule has 3 fully saturated rings. The number of para-hydroxylation sites is 1. The number of halogens is 3. The third-order valence-corrected chi connectivity index (χ3v) is 25.2. The number of carboxylic acids is 1. The molecule has 6 aromatic carbocycles. The number of H-pyrrole nitrogens is 1. The number of benzene rings is 6. The van der Waals surface area contributed by atoms with E-state index in [1.54, 1.807) is 91.9 Å². The molecule has 738 valence electrons. The normalized spacial score (nSPS) is 24.2. The van der Waals surface area contributed by atoms with Gasteiger partial charge in [-0.05, 0) is 88.2 Å². The zero-order valence-corrected chi connectivity index (χ0v) is 77.3. The van der Waals surface area contributed by atoms with Gasteiger partial charge in [0, 0.05) is 108 Å². The Morgan fingerprint density at radius 3 is 1.49 bits per heavy atom. The predicted octanol–water partition coefficient (Wildman–Crippen LogP) is -0.420. The number of aliphatic hydroxyl groups is 2. The lowest BCUT2D eigenvalue weighted by Gasteiger charge is -2.38. The number of aromatic hydroxyl groups is 2. The predicted molar refractivity (Wildman–Crippen MR) is 493 cm³/mol. The van der Waals surface area contributed by atoms with E-state index in [-0.39, 0.29) is 42.7 Å². The summed E-state index contributed by atoms with van der Waals surface area (Å²) in [6.07, 6.45) is -7.07. The van der Waals surface area contributed by atoms with Crippen molar-refractivity contribution < 1.29 is 120 Å². The number of carbonyl (C=O) groups is 17. The van der Waals surface area contributed by atoms with E-state index in [2.05, 4.69) is 52.8 Å². The second kappa shape index (κ2) is 48.8. The molecule has 3 aliphatic rings. The van der Waals surface area contributed by atoms with Gasteiger partial charge in [0.15, 0.2) is 17.5 Å². The van der Waals surface area contributed by atoms with Crippen LogP contribution < -0.4 is 59.3 Å². The molecule has 0 unspecified atom stereocenters. The largest absolute Gasteiger partial charge is 0.508 e. The summed E-state index contributed by atoms with van der Waals surface area (Å²) < 4.78 is 45.1. The van der Waals surface area contributed by atoms with E-state index in [0.717, 1.165) is 31.5 Å². The second-order valence-electron chi connectivity index (χ2n) is 34.8. The van der Waals surface area contributed by atoms with E-state index >= 15 is 51.9 Å². The fourth-order valence-corrected chi connectivity index (χ4v) is 17.6. The number of aliphatic hydroxyl groups excluding tert-OH is 2. The molecular weight excluding hydrogens is 1820 g/mol. The van der Waals surface area contributed by atoms with Crippen molar-refractivity contribution >= 4 is 123 Å². The maximum atomic E-state index is 15.8. The summed E-state index contributed by atoms with van der Waals surface area (Å²) in [5.41, 5.74) is 13.0. The van der Waals surface area contributed by atoms with Crippen molar-refractivity contribution in [2.45, 2.75) is 195 Å². The van der Waals surface area contributed by atoms with Crippen molar-refractivity contribution in [2.24, 2.45) is 17.4 Å². The molecule has 0 saturated carbocycles. The fraction of sp³-hybridized carbons (Fsp3) is 0.421. The minimum atomic E-state index is -2.08. The Hall–Kier alpha value is -14.5. The third kappa shape index (κ3) is 28.6. The first kappa shape index (κ1) is 106. The van der Waals surface area contributed by atoms with E-state index in [1.165, 1.54) is 82.7 Å². The second-order valence-corrected chi connectivity index (χ2v) is 35.8. The Morgan fingerprint density at radius 2 is 0.935 bits per heavy atom. The van der Waals surface area contributed by atoms with Gasteiger partial charge < -0.3 is 114 Å². The van der Waals surface area contributed by atoms with E-state index in [1.807, 2.05) is 0 Å². The molecule has 43 heteroatoms. The average molecular weight is 1940 g/mol. The number of aromatic amines is 1. The fourth-order valence-electron chi connectivity index (χ4n) is 16.7. The zero-order valence-electron chi connectivity index (χ0n) is 76.5. The Kier molecular flexibility index (Phi) is 37.3. The lowest BCUT2D eigenvalue weighted by atomic mass is 9.98. The number of aromatic nitrogens is 1. The van der Waals surface area contributed by atoms with Crippen LogP contribution in [0.2, 0.25) is 0 Å². The van der Waals surface area contributed by atoms with Crippen LogP contribution >= 0.6 is 11.8 Å². The number of phenolic OH excluding ortho intramolecular Hbond substituents is 2. The number of carboxylic acid groups (broad SMARTS) is 1. The standard InChI is InChI=1S/C95H114F3N17O22S/c1-7-8-23-72-94(136)115-47-60(119)41-75(115)90(132)107-68(43-80(123)124)87(129)110-82(50(2)3)95(137)112(5)73(37-51-17-11-9-12-18-51)88(130)108-70(35-54-26-30-58(117)31-27-54)92(134)114-46-59(118)40-74(114)89(131)106-66(39-56-44-101-64-22-16-15-21-61(56)64)85(127)104-65(34-53-24-28-57(116)29-25-53)84(126)105-67(42-77(99)120)86(128)109-71(83(125)102-45-78(100)121)48-138-49-79(122)103-69(36-55-32-62(96)81(98)63(97)33-55)91(133)113(6)76(93(135)111(72)4)38-52-19-13-10-14-20-52/h9-22,24-33,44,50,59-60,65-76,82,101,116-119H,7-8,23,34-43,45-49H2,1-6H3,(H2,99,120)(H2,100,121)(H,102,125)(H,103,122)(H,104,127)(H,105,126)(H,106,131)(H,107,132)(H,108,130)(H,109,128)(H,110,129)(H,123,124)/t59-,60-,65+,66+,67-,68+,69-,70+,71+,72+,73-,74-,75-,76+,82+/m1/s1. The van der Waals surface area contributed by atoms with Crippen LogP contribution in [0.5, 0.6) is 11.5 Å². The number of amides is 16. The molecule has 0 aliphatic carbocycles. The number of likely N-dealkylation sites (N-methyl/N-ethyl adjacent to an activating group) is 3. The molecule has 7 aromatic rings. The highest BCUT2D eigenvalue weighted by molar-refractivity contribution is 8.00. The molecule has 16 amide bonds. The van der Waals surface area contributed by atoms with Gasteiger partial charge in [0.1, 0.15) is 90.0 Å². The average Bonchev–Trinajstić information content (AvgIpc) is 1.62. The third-order valence-electron chi connectivity index (χ3n) is 24.1. The topological polar surface area (TPSA) is 584 Å². The molecule has 3 aliphatic heterocycles. The summed E-state index contributed by atoms with van der Waals surface area (Å²) in [4.78, 5) is 259. The molecule has 1 aromatic heterocycles. The quantitative estimate of drug-likeness (QED) is 0.0362. The summed E-state index contributed by atoms with van der Waals surface area (Å²) in [6.45, 7) is 2.72. The molecular formula is C95H114F3N17O22S. The Balaban J connectivity index is 1.07. The highest BCUT2D eigenvalue weighted by Crippen LogP contribution is 2.29. The van der Waals surface area contributed by atoms with E-state index in [9.17, 15) is 68.3 Å². The van der Waals surface area contributed by atoms with Crippen LogP contribution in [0.4, 0.5) is 13.2 Å². The van der Waals surface area contributed by atoms with Gasteiger partial charge in [-0.3, -0.25) is 81.5 Å². The SMILES string of the molecule is CCCC[C@H]1C(=O)N2C[C@H](O)C[C@@H]2C(=O)N[C@@H](CC(=O)O)C(=O)N[C@@H](C(C)C)C(=O)N(C)[C@H](Cc2ccccc2)C(=O)N[C@@H](Cc2ccc(O)cc2)C(=O)N2C[C@H](O)C[C@@H]2C(=O)N[C@@H](Cc2c[nH]c3ccccc23)C(=O)N[C@@H](Cc2ccc(O)cc2)C(=O)N[C@H](CC(N)=O)C(=O)N[C@H](C(=O)NCC(N)=O)CSCC(=O)N[C@H](Cc2cc(F)c(F)c(F)c2)C(=O)N(C)[C@@H](Cc2ccccc2)C(=O)N1C. The first-order chi connectivity index (χ1) is 65.6. The van der Waals surface area contributed by atoms with Crippen molar-refractivity contribution in [1.29, 1.82) is 0 Å². The van der Waals surface area contributed by atoms with Gasteiger partial charge in [-0.2, -0.15) is 0 Å².